The number of rotatable bonds is 2. The first-order valence-electron chi connectivity index (χ1n) is 4.33. The lowest BCUT2D eigenvalue weighted by atomic mass is 10.1. The fraction of sp³-hybridized carbons (Fsp3) is 0.111. The predicted octanol–water partition coefficient (Wildman–Crippen LogP) is 1.26. The fourth-order valence-corrected chi connectivity index (χ4v) is 1.40. The molecular weight excluding hydrogens is 214 g/mol. The van der Waals surface area contributed by atoms with Crippen LogP contribution in [0.2, 0.25) is 0 Å². The van der Waals surface area contributed by atoms with Crippen LogP contribution >= 0.6 is 0 Å². The smallest absolute Gasteiger partial charge is 0.344 e. The van der Waals surface area contributed by atoms with Crippen LogP contribution in [0, 0.1) is 10.1 Å². The first kappa shape index (κ1) is 10.1. The zero-order chi connectivity index (χ0) is 11.7. The minimum absolute atomic E-state index is 0.0820. The summed E-state index contributed by atoms with van der Waals surface area (Å²) in [6.45, 7) is 0. The summed E-state index contributed by atoms with van der Waals surface area (Å²) >= 11 is 0. The standard InChI is InChI=1S/C9H7N3O4/c1-16-9(13)6-2-5-4-10-11-7(5)3-8(6)12(14)15/h2-4H,1H3,(H,10,11). The number of carbonyl (C=O) groups is 1. The summed E-state index contributed by atoms with van der Waals surface area (Å²) in [5.74, 6) is -0.741. The zero-order valence-corrected chi connectivity index (χ0v) is 8.26. The van der Waals surface area contributed by atoms with E-state index in [9.17, 15) is 14.9 Å². The van der Waals surface area contributed by atoms with Gasteiger partial charge in [-0.3, -0.25) is 15.2 Å². The molecule has 2 rings (SSSR count). The van der Waals surface area contributed by atoms with Gasteiger partial charge in [0.1, 0.15) is 5.56 Å². The Hall–Kier alpha value is -2.44. The molecule has 0 fully saturated rings. The fourth-order valence-electron chi connectivity index (χ4n) is 1.40. The third-order valence-electron chi connectivity index (χ3n) is 2.16. The lowest BCUT2D eigenvalue weighted by Crippen LogP contribution is -2.05. The highest BCUT2D eigenvalue weighted by molar-refractivity contribution is 5.99. The van der Waals surface area contributed by atoms with Crippen molar-refractivity contribution in [1.82, 2.24) is 10.2 Å². The molecule has 2 aromatic rings. The van der Waals surface area contributed by atoms with Gasteiger partial charge in [-0.1, -0.05) is 0 Å². The van der Waals surface area contributed by atoms with Crippen LogP contribution in [0.1, 0.15) is 10.4 Å². The van der Waals surface area contributed by atoms with Gasteiger partial charge in [0.2, 0.25) is 0 Å². The molecule has 16 heavy (non-hydrogen) atoms. The Balaban J connectivity index is 2.72. The first-order chi connectivity index (χ1) is 7.63. The zero-order valence-electron chi connectivity index (χ0n) is 8.26. The van der Waals surface area contributed by atoms with Gasteiger partial charge in [0.25, 0.3) is 5.69 Å². The van der Waals surface area contributed by atoms with E-state index in [0.29, 0.717) is 10.9 Å². The van der Waals surface area contributed by atoms with E-state index in [4.69, 9.17) is 0 Å². The molecule has 0 aliphatic carbocycles. The number of benzene rings is 1. The highest BCUT2D eigenvalue weighted by Gasteiger charge is 2.22. The number of esters is 1. The van der Waals surface area contributed by atoms with E-state index in [1.807, 2.05) is 0 Å². The number of nitro benzene ring substituents is 1. The summed E-state index contributed by atoms with van der Waals surface area (Å²) in [7, 11) is 1.17. The Bertz CT molecular complexity index is 575. The summed E-state index contributed by atoms with van der Waals surface area (Å²) in [5, 5.41) is 17.7. The molecule has 0 atom stereocenters. The predicted molar refractivity (Wildman–Crippen MR) is 54.1 cm³/mol. The van der Waals surface area contributed by atoms with Gasteiger partial charge in [-0.25, -0.2) is 4.79 Å². The van der Waals surface area contributed by atoms with E-state index < -0.39 is 10.9 Å². The summed E-state index contributed by atoms with van der Waals surface area (Å²) in [4.78, 5) is 21.5. The summed E-state index contributed by atoms with van der Waals surface area (Å²) in [6.07, 6.45) is 1.48. The molecule has 1 N–H and O–H groups in total. The summed E-state index contributed by atoms with van der Waals surface area (Å²) < 4.78 is 4.48. The number of hydrogen-bond donors (Lipinski definition) is 1. The van der Waals surface area contributed by atoms with Gasteiger partial charge in [-0.15, -0.1) is 0 Å². The van der Waals surface area contributed by atoms with Crippen LogP contribution in [0.25, 0.3) is 10.9 Å². The Morgan fingerprint density at radius 3 is 2.94 bits per heavy atom. The van der Waals surface area contributed by atoms with E-state index in [2.05, 4.69) is 14.9 Å². The first-order valence-corrected chi connectivity index (χ1v) is 4.33. The number of aromatic amines is 1. The maximum absolute atomic E-state index is 11.3. The van der Waals surface area contributed by atoms with Gasteiger partial charge in [0.05, 0.1) is 23.7 Å². The lowest BCUT2D eigenvalue weighted by molar-refractivity contribution is -0.385. The molecule has 1 aromatic heterocycles. The third kappa shape index (κ3) is 1.48. The number of nitrogens with one attached hydrogen (secondary N) is 1. The minimum Gasteiger partial charge on any atom is -0.465 e. The second-order valence-corrected chi connectivity index (χ2v) is 3.08. The van der Waals surface area contributed by atoms with Crippen LogP contribution < -0.4 is 0 Å². The van der Waals surface area contributed by atoms with Crippen molar-refractivity contribution < 1.29 is 14.5 Å². The second-order valence-electron chi connectivity index (χ2n) is 3.08. The van der Waals surface area contributed by atoms with E-state index in [0.717, 1.165) is 0 Å². The van der Waals surface area contributed by atoms with Crippen molar-refractivity contribution in [3.63, 3.8) is 0 Å². The lowest BCUT2D eigenvalue weighted by Gasteiger charge is -2.00. The largest absolute Gasteiger partial charge is 0.465 e. The number of nitro groups is 1. The molecule has 0 radical (unpaired) electrons. The molecule has 7 nitrogen and oxygen atoms in total. The van der Waals surface area contributed by atoms with Crippen LogP contribution in [0.3, 0.4) is 0 Å². The molecule has 0 bridgehead atoms. The van der Waals surface area contributed by atoms with Gasteiger partial charge in [0.15, 0.2) is 0 Å². The highest BCUT2D eigenvalue weighted by atomic mass is 16.6. The quantitative estimate of drug-likeness (QED) is 0.467. The maximum atomic E-state index is 11.3. The maximum Gasteiger partial charge on any atom is 0.344 e. The molecule has 1 heterocycles. The van der Waals surface area contributed by atoms with Crippen molar-refractivity contribution in [1.29, 1.82) is 0 Å². The highest BCUT2D eigenvalue weighted by Crippen LogP contribution is 2.25. The molecule has 0 saturated heterocycles. The number of aromatic nitrogens is 2. The normalized spacial score (nSPS) is 10.3. The van der Waals surface area contributed by atoms with E-state index >= 15 is 0 Å². The van der Waals surface area contributed by atoms with Crippen LogP contribution in [0.4, 0.5) is 5.69 Å². The Labute approximate surface area is 89.2 Å². The van der Waals surface area contributed by atoms with Crippen molar-refractivity contribution in [2.45, 2.75) is 0 Å². The second kappa shape index (κ2) is 3.61. The average molecular weight is 221 g/mol. The van der Waals surface area contributed by atoms with Crippen molar-refractivity contribution in [3.8, 4) is 0 Å². The number of H-pyrrole nitrogens is 1. The van der Waals surface area contributed by atoms with Gasteiger partial charge in [0, 0.05) is 11.5 Å². The van der Waals surface area contributed by atoms with Gasteiger partial charge < -0.3 is 4.74 Å². The van der Waals surface area contributed by atoms with E-state index in [1.54, 1.807) is 0 Å². The molecular formula is C9H7N3O4. The number of fused-ring (bicyclic) bond motifs is 1. The molecule has 0 spiro atoms. The molecule has 82 valence electrons. The molecule has 0 amide bonds. The molecule has 0 aliphatic heterocycles. The molecule has 0 aliphatic rings. The molecule has 1 aromatic carbocycles. The van der Waals surface area contributed by atoms with E-state index in [-0.39, 0.29) is 11.3 Å². The SMILES string of the molecule is COC(=O)c1cc2cn[nH]c2cc1[N+](=O)[O-]. The van der Waals surface area contributed by atoms with Crippen molar-refractivity contribution in [2.75, 3.05) is 7.11 Å². The van der Waals surface area contributed by atoms with Crippen LogP contribution in [-0.4, -0.2) is 28.2 Å². The summed E-state index contributed by atoms with van der Waals surface area (Å²) in [6, 6.07) is 2.64. The van der Waals surface area contributed by atoms with Crippen molar-refractivity contribution in [2.24, 2.45) is 0 Å². The van der Waals surface area contributed by atoms with Gasteiger partial charge >= 0.3 is 5.97 Å². The van der Waals surface area contributed by atoms with Crippen LogP contribution in [0.5, 0.6) is 0 Å². The topological polar surface area (TPSA) is 98.1 Å². The van der Waals surface area contributed by atoms with E-state index in [1.165, 1.54) is 25.4 Å². The van der Waals surface area contributed by atoms with Gasteiger partial charge in [-0.2, -0.15) is 5.10 Å². The molecule has 0 unspecified atom stereocenters. The van der Waals surface area contributed by atoms with Crippen LogP contribution in [0.15, 0.2) is 18.3 Å². The monoisotopic (exact) mass is 221 g/mol. The number of hydrogen-bond acceptors (Lipinski definition) is 5. The molecule has 0 saturated carbocycles. The number of methoxy groups -OCH3 is 1. The number of ether oxygens (including phenoxy) is 1. The average Bonchev–Trinajstić information content (AvgIpc) is 2.73. The third-order valence-corrected chi connectivity index (χ3v) is 2.16. The van der Waals surface area contributed by atoms with Crippen LogP contribution in [-0.2, 0) is 4.74 Å². The Morgan fingerprint density at radius 1 is 1.56 bits per heavy atom. The molecule has 7 heteroatoms. The number of nitrogens with zero attached hydrogens (tertiary/aromatic N) is 2. The van der Waals surface area contributed by atoms with Crippen molar-refractivity contribution >= 4 is 22.6 Å². The minimum atomic E-state index is -0.741. The number of carbonyl (C=O) groups excluding carboxylic acids is 1. The Morgan fingerprint density at radius 2 is 2.31 bits per heavy atom. The van der Waals surface area contributed by atoms with Crippen molar-refractivity contribution in [3.05, 3.63) is 34.0 Å². The van der Waals surface area contributed by atoms with Gasteiger partial charge in [-0.05, 0) is 6.07 Å². The Kier molecular flexibility index (Phi) is 2.28. The summed E-state index contributed by atoms with van der Waals surface area (Å²) in [5.41, 5.74) is 0.115.